The first-order valence-electron chi connectivity index (χ1n) is 7.41. The molecule has 1 heterocycles. The zero-order valence-corrected chi connectivity index (χ0v) is 12.4. The summed E-state index contributed by atoms with van der Waals surface area (Å²) < 4.78 is 0. The highest BCUT2D eigenvalue weighted by Gasteiger charge is 2.09. The molecule has 3 heteroatoms. The maximum Gasteiger partial charge on any atom is 0.250 e. The molecule has 1 aromatic heterocycles. The number of primary amides is 1. The van der Waals surface area contributed by atoms with Crippen molar-refractivity contribution in [3.05, 3.63) is 78.4 Å². The molecule has 0 fully saturated rings. The Labute approximate surface area is 133 Å². The number of hydrogen-bond donors (Lipinski definition) is 1. The van der Waals surface area contributed by atoms with Crippen molar-refractivity contribution in [2.75, 3.05) is 0 Å². The summed E-state index contributed by atoms with van der Waals surface area (Å²) in [6, 6.07) is 23.8. The van der Waals surface area contributed by atoms with Gasteiger partial charge in [-0.1, -0.05) is 54.6 Å². The van der Waals surface area contributed by atoms with Crippen molar-refractivity contribution in [3.63, 3.8) is 0 Å². The van der Waals surface area contributed by atoms with Crippen LogP contribution in [0.25, 0.3) is 32.9 Å². The predicted octanol–water partition coefficient (Wildman–Crippen LogP) is 4.15. The van der Waals surface area contributed by atoms with Crippen LogP contribution >= 0.6 is 0 Å². The van der Waals surface area contributed by atoms with E-state index in [4.69, 9.17) is 5.73 Å². The van der Waals surface area contributed by atoms with Gasteiger partial charge in [0.25, 0.3) is 5.91 Å². The van der Waals surface area contributed by atoms with Crippen molar-refractivity contribution < 1.29 is 4.79 Å². The van der Waals surface area contributed by atoms with Crippen molar-refractivity contribution in [2.24, 2.45) is 5.73 Å². The number of carbonyl (C=O) groups is 1. The van der Waals surface area contributed by atoms with E-state index >= 15 is 0 Å². The quantitative estimate of drug-likeness (QED) is 0.604. The molecule has 0 radical (unpaired) electrons. The lowest BCUT2D eigenvalue weighted by atomic mass is 10.0. The second-order valence-electron chi connectivity index (χ2n) is 5.50. The monoisotopic (exact) mass is 298 g/mol. The summed E-state index contributed by atoms with van der Waals surface area (Å²) in [5, 5.41) is 3.26. The number of nitrogens with two attached hydrogens (primary N) is 1. The highest BCUT2D eigenvalue weighted by Crippen LogP contribution is 2.26. The Morgan fingerprint density at radius 2 is 1.52 bits per heavy atom. The van der Waals surface area contributed by atoms with Crippen LogP contribution in [0, 0.1) is 0 Å². The molecule has 2 N–H and O–H groups in total. The molecule has 0 unspecified atom stereocenters. The number of rotatable bonds is 2. The second-order valence-corrected chi connectivity index (χ2v) is 5.50. The van der Waals surface area contributed by atoms with Crippen LogP contribution in [0.1, 0.15) is 10.4 Å². The molecule has 0 bridgehead atoms. The summed E-state index contributed by atoms with van der Waals surface area (Å²) in [5.74, 6) is -0.459. The van der Waals surface area contributed by atoms with Crippen LogP contribution in [0.3, 0.4) is 0 Å². The Kier molecular flexibility index (Phi) is 3.05. The normalized spacial score (nSPS) is 11.0. The molecule has 110 valence electrons. The van der Waals surface area contributed by atoms with E-state index in [1.54, 1.807) is 6.07 Å². The summed E-state index contributed by atoms with van der Waals surface area (Å²) in [6.45, 7) is 0. The van der Waals surface area contributed by atoms with Gasteiger partial charge in [-0.3, -0.25) is 4.79 Å². The summed E-state index contributed by atoms with van der Waals surface area (Å²) >= 11 is 0. The Balaban J connectivity index is 1.93. The number of amides is 1. The molecule has 0 atom stereocenters. The molecule has 0 saturated heterocycles. The zero-order chi connectivity index (χ0) is 15.8. The van der Waals surface area contributed by atoms with Gasteiger partial charge in [0.2, 0.25) is 0 Å². The summed E-state index contributed by atoms with van der Waals surface area (Å²) in [6.07, 6.45) is 0. The van der Waals surface area contributed by atoms with E-state index in [9.17, 15) is 4.79 Å². The molecular formula is C20H14N2O. The third-order valence-corrected chi connectivity index (χ3v) is 4.03. The molecule has 4 aromatic rings. The van der Waals surface area contributed by atoms with Crippen LogP contribution in [-0.4, -0.2) is 10.9 Å². The van der Waals surface area contributed by atoms with Crippen LogP contribution in [0.5, 0.6) is 0 Å². The molecular weight excluding hydrogens is 284 g/mol. The van der Waals surface area contributed by atoms with Crippen LogP contribution < -0.4 is 5.73 Å². The number of para-hydroxylation sites is 1. The van der Waals surface area contributed by atoms with Gasteiger partial charge in [0.1, 0.15) is 0 Å². The van der Waals surface area contributed by atoms with Crippen molar-refractivity contribution in [1.82, 2.24) is 4.98 Å². The van der Waals surface area contributed by atoms with Gasteiger partial charge in [0, 0.05) is 10.9 Å². The van der Waals surface area contributed by atoms with Gasteiger partial charge in [-0.25, -0.2) is 4.98 Å². The highest BCUT2D eigenvalue weighted by atomic mass is 16.1. The molecule has 0 spiro atoms. The first-order chi connectivity index (χ1) is 11.2. The van der Waals surface area contributed by atoms with Crippen LogP contribution in [0.4, 0.5) is 0 Å². The van der Waals surface area contributed by atoms with E-state index in [2.05, 4.69) is 29.2 Å². The fourth-order valence-electron chi connectivity index (χ4n) is 2.86. The third kappa shape index (κ3) is 2.32. The van der Waals surface area contributed by atoms with Gasteiger partial charge in [0.05, 0.1) is 16.8 Å². The number of fused-ring (bicyclic) bond motifs is 2. The van der Waals surface area contributed by atoms with E-state index in [0.717, 1.165) is 22.0 Å². The van der Waals surface area contributed by atoms with Gasteiger partial charge in [-0.2, -0.15) is 0 Å². The topological polar surface area (TPSA) is 56.0 Å². The first kappa shape index (κ1) is 13.5. The minimum absolute atomic E-state index is 0.449. The number of carbonyl (C=O) groups excluding carboxylic acids is 1. The van der Waals surface area contributed by atoms with Crippen molar-refractivity contribution in [3.8, 4) is 11.3 Å². The Bertz CT molecular complexity index is 1050. The maximum absolute atomic E-state index is 11.6. The van der Waals surface area contributed by atoms with Crippen LogP contribution in [0.2, 0.25) is 0 Å². The van der Waals surface area contributed by atoms with Crippen LogP contribution in [-0.2, 0) is 0 Å². The predicted molar refractivity (Wildman–Crippen MR) is 93.2 cm³/mol. The lowest BCUT2D eigenvalue weighted by Crippen LogP contribution is -2.11. The Morgan fingerprint density at radius 3 is 2.35 bits per heavy atom. The molecule has 4 rings (SSSR count). The van der Waals surface area contributed by atoms with Crippen molar-refractivity contribution in [2.45, 2.75) is 0 Å². The molecule has 3 aromatic carbocycles. The largest absolute Gasteiger partial charge is 0.366 e. The van der Waals surface area contributed by atoms with E-state index in [1.165, 1.54) is 5.39 Å². The van der Waals surface area contributed by atoms with Crippen LogP contribution in [0.15, 0.2) is 72.8 Å². The van der Waals surface area contributed by atoms with E-state index in [-0.39, 0.29) is 0 Å². The average molecular weight is 298 g/mol. The molecule has 3 nitrogen and oxygen atoms in total. The fourth-order valence-corrected chi connectivity index (χ4v) is 2.86. The number of hydrogen-bond acceptors (Lipinski definition) is 2. The number of pyridine rings is 1. The number of benzene rings is 3. The maximum atomic E-state index is 11.6. The second kappa shape index (κ2) is 5.21. The first-order valence-corrected chi connectivity index (χ1v) is 7.41. The Hall–Kier alpha value is -3.20. The van der Waals surface area contributed by atoms with Crippen molar-refractivity contribution in [1.29, 1.82) is 0 Å². The summed E-state index contributed by atoms with van der Waals surface area (Å²) in [5.41, 5.74) is 8.41. The number of aromatic nitrogens is 1. The fraction of sp³-hybridized carbons (Fsp3) is 0. The van der Waals surface area contributed by atoms with E-state index < -0.39 is 5.91 Å². The van der Waals surface area contributed by atoms with Gasteiger partial charge >= 0.3 is 0 Å². The van der Waals surface area contributed by atoms with E-state index in [0.29, 0.717) is 11.1 Å². The minimum Gasteiger partial charge on any atom is -0.366 e. The van der Waals surface area contributed by atoms with Gasteiger partial charge in [-0.05, 0) is 29.0 Å². The molecule has 0 aliphatic heterocycles. The SMILES string of the molecule is NC(=O)c1cccc2ccc(-c3ccc4ccccc4c3)nc12. The molecule has 0 aliphatic rings. The summed E-state index contributed by atoms with van der Waals surface area (Å²) in [7, 11) is 0. The van der Waals surface area contributed by atoms with Gasteiger partial charge in [-0.15, -0.1) is 0 Å². The average Bonchev–Trinajstić information content (AvgIpc) is 2.60. The molecule has 0 saturated carbocycles. The lowest BCUT2D eigenvalue weighted by Gasteiger charge is -2.07. The molecule has 23 heavy (non-hydrogen) atoms. The van der Waals surface area contributed by atoms with Gasteiger partial charge < -0.3 is 5.73 Å². The molecule has 1 amide bonds. The van der Waals surface area contributed by atoms with Crippen molar-refractivity contribution >= 4 is 27.6 Å². The number of nitrogens with zero attached hydrogens (tertiary/aromatic N) is 1. The molecule has 0 aliphatic carbocycles. The summed E-state index contributed by atoms with van der Waals surface area (Å²) in [4.78, 5) is 16.3. The smallest absolute Gasteiger partial charge is 0.250 e. The van der Waals surface area contributed by atoms with E-state index in [1.807, 2.05) is 42.5 Å². The lowest BCUT2D eigenvalue weighted by molar-refractivity contribution is 0.100. The highest BCUT2D eigenvalue weighted by molar-refractivity contribution is 6.05. The Morgan fingerprint density at radius 1 is 0.783 bits per heavy atom. The zero-order valence-electron chi connectivity index (χ0n) is 12.4. The minimum atomic E-state index is -0.459. The van der Waals surface area contributed by atoms with Gasteiger partial charge in [0.15, 0.2) is 0 Å². The standard InChI is InChI=1S/C20H14N2O/c21-20(23)17-7-3-6-14-10-11-18(22-19(14)17)16-9-8-13-4-1-2-5-15(13)12-16/h1-12H,(H2,21,23). The third-order valence-electron chi connectivity index (χ3n) is 4.03.